The predicted molar refractivity (Wildman–Crippen MR) is 135 cm³/mol. The zero-order chi connectivity index (χ0) is 27.7. The largest absolute Gasteiger partial charge is 0.396 e. The highest BCUT2D eigenvalue weighted by Crippen LogP contribution is 2.51. The lowest BCUT2D eigenvalue weighted by Crippen LogP contribution is -2.34. The summed E-state index contributed by atoms with van der Waals surface area (Å²) in [4.78, 5) is 0. The first-order valence-corrected chi connectivity index (χ1v) is 12.6. The van der Waals surface area contributed by atoms with Crippen LogP contribution in [0.4, 0.5) is 26.3 Å². The average Bonchev–Trinajstić information content (AvgIpc) is 2.69. The monoisotopic (exact) mass is 514 g/mol. The summed E-state index contributed by atoms with van der Waals surface area (Å²) in [6.45, 7) is 13.8. The molecule has 0 saturated carbocycles. The highest BCUT2D eigenvalue weighted by atomic mass is 19.4. The van der Waals surface area contributed by atoms with Crippen molar-refractivity contribution in [2.75, 3.05) is 0 Å². The van der Waals surface area contributed by atoms with Crippen molar-refractivity contribution in [1.82, 2.24) is 0 Å². The molecule has 0 saturated heterocycles. The second-order valence-corrected chi connectivity index (χ2v) is 12.2. The molecule has 2 aromatic rings. The van der Waals surface area contributed by atoms with Crippen molar-refractivity contribution in [3.05, 3.63) is 70.8 Å². The van der Waals surface area contributed by atoms with Crippen LogP contribution in [0.15, 0.2) is 48.5 Å². The van der Waals surface area contributed by atoms with Gasteiger partial charge in [-0.2, -0.15) is 26.3 Å². The molecule has 1 unspecified atom stereocenters. The third kappa shape index (κ3) is 7.52. The molecule has 0 N–H and O–H groups in total. The summed E-state index contributed by atoms with van der Waals surface area (Å²) in [5.74, 6) is -3.17. The molecule has 0 radical (unpaired) electrons. The fraction of sp³-hybridized carbons (Fsp3) is 0.600. The van der Waals surface area contributed by atoms with Gasteiger partial charge in [-0.15, -0.1) is 0 Å². The van der Waals surface area contributed by atoms with E-state index in [-0.39, 0.29) is 23.0 Å². The Morgan fingerprint density at radius 2 is 1.08 bits per heavy atom. The van der Waals surface area contributed by atoms with E-state index in [1.807, 2.05) is 26.8 Å². The van der Waals surface area contributed by atoms with Gasteiger partial charge in [0.15, 0.2) is 0 Å². The maximum atomic E-state index is 14.3. The van der Waals surface area contributed by atoms with Crippen LogP contribution in [-0.2, 0) is 0 Å². The fourth-order valence-corrected chi connectivity index (χ4v) is 5.28. The van der Waals surface area contributed by atoms with Crippen molar-refractivity contribution in [3.8, 4) is 0 Å². The van der Waals surface area contributed by atoms with E-state index in [0.29, 0.717) is 12.8 Å². The van der Waals surface area contributed by atoms with Crippen LogP contribution in [0, 0.1) is 10.8 Å². The normalized spacial score (nSPS) is 16.2. The quantitative estimate of drug-likeness (QED) is 0.307. The van der Waals surface area contributed by atoms with Gasteiger partial charge in [0.2, 0.25) is 0 Å². The summed E-state index contributed by atoms with van der Waals surface area (Å²) in [6, 6.07) is 13.2. The summed E-state index contributed by atoms with van der Waals surface area (Å²) in [5.41, 5.74) is 0.127. The van der Waals surface area contributed by atoms with E-state index < -0.39 is 35.0 Å². The second kappa shape index (κ2) is 10.8. The van der Waals surface area contributed by atoms with E-state index in [9.17, 15) is 26.3 Å². The maximum Gasteiger partial charge on any atom is 0.396 e. The average molecular weight is 515 g/mol. The van der Waals surface area contributed by atoms with Gasteiger partial charge in [0, 0.05) is 0 Å². The van der Waals surface area contributed by atoms with Crippen molar-refractivity contribution in [2.45, 2.75) is 104 Å². The Morgan fingerprint density at radius 1 is 0.611 bits per heavy atom. The molecular formula is C30H40F6. The van der Waals surface area contributed by atoms with Gasteiger partial charge in [-0.25, -0.2) is 0 Å². The SMILES string of the molecule is CC(C)c1cccc([C@H](C(F)(F)F)C(C)(C)CCC(C)c2ccc([C@@H](C(C)(C)C)C(F)(F)F)cc2)c1. The molecule has 0 aliphatic rings. The van der Waals surface area contributed by atoms with Crippen LogP contribution < -0.4 is 0 Å². The van der Waals surface area contributed by atoms with Crippen LogP contribution in [-0.4, -0.2) is 12.4 Å². The molecule has 0 spiro atoms. The number of rotatable bonds is 8. The van der Waals surface area contributed by atoms with Gasteiger partial charge in [0.25, 0.3) is 0 Å². The molecule has 0 aliphatic heterocycles. The third-order valence-electron chi connectivity index (χ3n) is 7.27. The number of halogens is 6. The predicted octanol–water partition coefficient (Wildman–Crippen LogP) is 10.8. The van der Waals surface area contributed by atoms with Crippen molar-refractivity contribution in [3.63, 3.8) is 0 Å². The van der Waals surface area contributed by atoms with Crippen molar-refractivity contribution < 1.29 is 26.3 Å². The first-order valence-electron chi connectivity index (χ1n) is 12.6. The molecule has 0 bridgehead atoms. The molecular weight excluding hydrogens is 474 g/mol. The molecule has 202 valence electrons. The van der Waals surface area contributed by atoms with Gasteiger partial charge in [-0.1, -0.05) is 104 Å². The number of benzene rings is 2. The molecule has 0 heterocycles. The Morgan fingerprint density at radius 3 is 1.53 bits per heavy atom. The highest BCUT2D eigenvalue weighted by Gasteiger charge is 2.50. The number of hydrogen-bond donors (Lipinski definition) is 0. The lowest BCUT2D eigenvalue weighted by Gasteiger charge is -2.37. The van der Waals surface area contributed by atoms with Gasteiger partial charge < -0.3 is 0 Å². The summed E-state index contributed by atoms with van der Waals surface area (Å²) >= 11 is 0. The van der Waals surface area contributed by atoms with Gasteiger partial charge in [-0.05, 0) is 57.8 Å². The van der Waals surface area contributed by atoms with Crippen LogP contribution in [0.25, 0.3) is 0 Å². The van der Waals surface area contributed by atoms with Crippen LogP contribution in [0.5, 0.6) is 0 Å². The van der Waals surface area contributed by atoms with Crippen molar-refractivity contribution >= 4 is 0 Å². The highest BCUT2D eigenvalue weighted by molar-refractivity contribution is 5.32. The first-order chi connectivity index (χ1) is 16.2. The summed E-state index contributed by atoms with van der Waals surface area (Å²) < 4.78 is 84.0. The standard InChI is InChI=1S/C30H40F6/c1-19(2)23-10-9-11-24(18-23)26(30(34,35)36)28(7,8)17-16-20(3)21-12-14-22(15-13-21)25(27(4,5)6)29(31,32)33/h9-15,18-20,25-26H,16-17H2,1-8H3/t20?,25-,26-/m0/s1. The second-order valence-electron chi connectivity index (χ2n) is 12.2. The molecule has 36 heavy (non-hydrogen) atoms. The Bertz CT molecular complexity index is 960. The molecule has 0 fully saturated rings. The molecule has 0 nitrogen and oxygen atoms in total. The molecule has 3 atom stereocenters. The summed E-state index contributed by atoms with van der Waals surface area (Å²) in [6.07, 6.45) is -7.96. The van der Waals surface area contributed by atoms with Crippen molar-refractivity contribution in [2.24, 2.45) is 10.8 Å². The van der Waals surface area contributed by atoms with E-state index >= 15 is 0 Å². The van der Waals surface area contributed by atoms with Gasteiger partial charge in [-0.3, -0.25) is 0 Å². The maximum absolute atomic E-state index is 14.3. The lowest BCUT2D eigenvalue weighted by atomic mass is 9.70. The fourth-order valence-electron chi connectivity index (χ4n) is 5.28. The molecule has 6 heteroatoms. The zero-order valence-electron chi connectivity index (χ0n) is 22.6. The molecule has 0 aliphatic carbocycles. The van der Waals surface area contributed by atoms with Crippen molar-refractivity contribution in [1.29, 1.82) is 0 Å². The van der Waals surface area contributed by atoms with Gasteiger partial charge >= 0.3 is 12.4 Å². The minimum atomic E-state index is -4.40. The minimum Gasteiger partial charge on any atom is -0.170 e. The Hall–Kier alpha value is -1.98. The first kappa shape index (κ1) is 30.2. The zero-order valence-corrected chi connectivity index (χ0v) is 22.6. The molecule has 2 aromatic carbocycles. The van der Waals surface area contributed by atoms with Crippen LogP contribution in [0.1, 0.15) is 114 Å². The Balaban J connectivity index is 2.24. The van der Waals surface area contributed by atoms with E-state index in [4.69, 9.17) is 0 Å². The Kier molecular flexibility index (Phi) is 9.06. The third-order valence-corrected chi connectivity index (χ3v) is 7.27. The van der Waals surface area contributed by atoms with Crippen LogP contribution in [0.3, 0.4) is 0 Å². The van der Waals surface area contributed by atoms with Gasteiger partial charge in [0.05, 0.1) is 11.8 Å². The topological polar surface area (TPSA) is 0 Å². The number of alkyl halides is 6. The molecule has 2 rings (SSSR count). The van der Waals surface area contributed by atoms with Crippen LogP contribution >= 0.6 is 0 Å². The summed E-state index contributed by atoms with van der Waals surface area (Å²) in [5, 5.41) is 0. The summed E-state index contributed by atoms with van der Waals surface area (Å²) in [7, 11) is 0. The van der Waals surface area contributed by atoms with Gasteiger partial charge in [0.1, 0.15) is 0 Å². The van der Waals surface area contributed by atoms with Crippen LogP contribution in [0.2, 0.25) is 0 Å². The van der Waals surface area contributed by atoms with E-state index in [0.717, 1.165) is 11.1 Å². The molecule has 0 aromatic heterocycles. The van der Waals surface area contributed by atoms with E-state index in [2.05, 4.69) is 0 Å². The smallest absolute Gasteiger partial charge is 0.170 e. The Labute approximate surface area is 212 Å². The lowest BCUT2D eigenvalue weighted by molar-refractivity contribution is -0.175. The minimum absolute atomic E-state index is 0.0896. The van der Waals surface area contributed by atoms with E-state index in [1.165, 1.54) is 12.1 Å². The number of hydrogen-bond acceptors (Lipinski definition) is 0. The molecule has 0 amide bonds. The van der Waals surface area contributed by atoms with E-state index in [1.54, 1.807) is 65.0 Å².